The molecule has 37 heavy (non-hydrogen) atoms. The van der Waals surface area contributed by atoms with Crippen molar-refractivity contribution in [3.05, 3.63) is 59.5 Å². The van der Waals surface area contributed by atoms with Gasteiger partial charge in [-0.2, -0.15) is 9.99 Å². The van der Waals surface area contributed by atoms with Gasteiger partial charge in [0.2, 0.25) is 0 Å². The predicted octanol–water partition coefficient (Wildman–Crippen LogP) is 2.08. The Morgan fingerprint density at radius 2 is 1.95 bits per heavy atom. The number of benzene rings is 2. The summed E-state index contributed by atoms with van der Waals surface area (Å²) in [7, 11) is 0. The van der Waals surface area contributed by atoms with Crippen LogP contribution in [0.5, 0.6) is 5.75 Å². The lowest BCUT2D eigenvalue weighted by Gasteiger charge is -2.39. The second-order valence-electron chi connectivity index (χ2n) is 9.14. The molecule has 0 radical (unpaired) electrons. The Labute approximate surface area is 211 Å². The van der Waals surface area contributed by atoms with E-state index in [1.54, 1.807) is 12.3 Å². The molecular weight excluding hydrogens is 484 g/mol. The van der Waals surface area contributed by atoms with Crippen LogP contribution in [0.25, 0.3) is 21.9 Å². The average Bonchev–Trinajstić information content (AvgIpc) is 3.50. The van der Waals surface area contributed by atoms with Crippen molar-refractivity contribution in [2.45, 2.75) is 57.4 Å². The number of hydrogen-bond donors (Lipinski definition) is 4. The maximum absolute atomic E-state index is 11.0. The summed E-state index contributed by atoms with van der Waals surface area (Å²) in [5, 5.41) is 40.4. The normalized spacial score (nSPS) is 24.0. The van der Waals surface area contributed by atoms with Crippen molar-refractivity contribution in [2.75, 3.05) is 6.61 Å². The van der Waals surface area contributed by atoms with E-state index in [-0.39, 0.29) is 6.61 Å². The first kappa shape index (κ1) is 25.2. The van der Waals surface area contributed by atoms with Crippen LogP contribution in [0.15, 0.2) is 47.1 Å². The zero-order chi connectivity index (χ0) is 26.1. The van der Waals surface area contributed by atoms with Crippen LogP contribution in [0, 0.1) is 6.92 Å². The van der Waals surface area contributed by atoms with Gasteiger partial charge in [-0.15, -0.1) is 0 Å². The minimum Gasteiger partial charge on any atom is -0.464 e. The van der Waals surface area contributed by atoms with E-state index in [0.29, 0.717) is 17.6 Å². The fraction of sp³-hybridized carbons (Fsp3) is 0.385. The lowest BCUT2D eigenvalue weighted by Crippen LogP contribution is -2.59. The quantitative estimate of drug-likeness (QED) is 0.157. The Bertz CT molecular complexity index is 1400. The standard InChI is InChI=1S/C26H28N2O9/c1-13-9-18-22(17(27-28-18)5-3-15-4-6-19-16(11-15)7-8-33-19)20(10-13)36-37-25-24(31)23(30)21(35-26(25)32)12-34-14(2)29/h4,6-11,21,23-26,30-32H,3,5,12H2,1-2H3,(H,27,28)/t21-,23-,24+,25-,26-/m1/s1. The summed E-state index contributed by atoms with van der Waals surface area (Å²) in [6.45, 7) is 2.75. The number of esters is 1. The number of hydrogen-bond acceptors (Lipinski definition) is 10. The third-order valence-electron chi connectivity index (χ3n) is 6.38. The third-order valence-corrected chi connectivity index (χ3v) is 6.38. The topological polar surface area (TPSA) is 156 Å². The molecule has 0 saturated carbocycles. The summed E-state index contributed by atoms with van der Waals surface area (Å²) in [6, 6.07) is 11.6. The molecule has 4 N–H and O–H groups in total. The average molecular weight is 513 g/mol. The summed E-state index contributed by atoms with van der Waals surface area (Å²) in [4.78, 5) is 22.0. The number of aromatic amines is 1. The van der Waals surface area contributed by atoms with Crippen LogP contribution in [0.1, 0.15) is 23.7 Å². The van der Waals surface area contributed by atoms with Crippen molar-refractivity contribution in [2.24, 2.45) is 0 Å². The van der Waals surface area contributed by atoms with E-state index in [4.69, 9.17) is 23.7 Å². The van der Waals surface area contributed by atoms with Crippen molar-refractivity contribution in [1.29, 1.82) is 0 Å². The summed E-state index contributed by atoms with van der Waals surface area (Å²) in [5.41, 5.74) is 4.31. The molecule has 3 heterocycles. The van der Waals surface area contributed by atoms with Crippen molar-refractivity contribution in [3.63, 3.8) is 0 Å². The number of nitrogens with zero attached hydrogens (tertiary/aromatic N) is 1. The Hall–Kier alpha value is -3.48. The fourth-order valence-electron chi connectivity index (χ4n) is 4.47. The molecule has 1 aliphatic rings. The Balaban J connectivity index is 1.31. The number of rotatable bonds is 8. The van der Waals surface area contributed by atoms with E-state index >= 15 is 0 Å². The summed E-state index contributed by atoms with van der Waals surface area (Å²) >= 11 is 0. The van der Waals surface area contributed by atoms with Gasteiger partial charge in [0.25, 0.3) is 0 Å². The molecule has 0 bridgehead atoms. The van der Waals surface area contributed by atoms with Gasteiger partial charge in [-0.1, -0.05) is 6.07 Å². The van der Waals surface area contributed by atoms with Crippen molar-refractivity contribution in [1.82, 2.24) is 10.2 Å². The molecule has 1 fully saturated rings. The number of furan rings is 1. The minimum atomic E-state index is -1.64. The number of ether oxygens (including phenoxy) is 2. The highest BCUT2D eigenvalue weighted by Crippen LogP contribution is 2.32. The SMILES string of the molecule is CC(=O)OC[C@H]1O[C@@H](O)[C@H](OOc2cc(C)cc3[nH]nc(CCc4ccc5occc5c4)c23)[C@@H](O)[C@@H]1O. The first-order valence-corrected chi connectivity index (χ1v) is 11.9. The molecule has 2 aromatic heterocycles. The van der Waals surface area contributed by atoms with E-state index in [1.807, 2.05) is 31.2 Å². The number of carbonyl (C=O) groups excluding carboxylic acids is 1. The molecule has 11 nitrogen and oxygen atoms in total. The maximum atomic E-state index is 11.0. The van der Waals surface area contributed by atoms with Crippen LogP contribution < -0.4 is 4.89 Å². The molecule has 196 valence electrons. The molecule has 5 atom stereocenters. The largest absolute Gasteiger partial charge is 0.464 e. The van der Waals surface area contributed by atoms with Gasteiger partial charge < -0.3 is 34.1 Å². The molecule has 1 saturated heterocycles. The van der Waals surface area contributed by atoms with Gasteiger partial charge in [0.1, 0.15) is 30.5 Å². The summed E-state index contributed by atoms with van der Waals surface area (Å²) < 4.78 is 15.5. The van der Waals surface area contributed by atoms with Crippen LogP contribution >= 0.6 is 0 Å². The summed E-state index contributed by atoms with van der Waals surface area (Å²) in [5.74, 6) is -0.247. The molecule has 2 aromatic carbocycles. The van der Waals surface area contributed by atoms with E-state index in [2.05, 4.69) is 16.3 Å². The highest BCUT2D eigenvalue weighted by molar-refractivity contribution is 5.88. The Morgan fingerprint density at radius 1 is 1.11 bits per heavy atom. The Morgan fingerprint density at radius 3 is 2.76 bits per heavy atom. The molecule has 0 unspecified atom stereocenters. The number of fused-ring (bicyclic) bond motifs is 2. The maximum Gasteiger partial charge on any atom is 0.302 e. The number of H-pyrrole nitrogens is 1. The monoisotopic (exact) mass is 512 g/mol. The molecule has 0 spiro atoms. The van der Waals surface area contributed by atoms with Crippen LogP contribution in [0.4, 0.5) is 0 Å². The van der Waals surface area contributed by atoms with E-state index < -0.39 is 36.7 Å². The van der Waals surface area contributed by atoms with Crippen molar-refractivity contribution < 1.29 is 43.8 Å². The number of nitrogens with one attached hydrogen (secondary N) is 1. The molecule has 11 heteroatoms. The zero-order valence-electron chi connectivity index (χ0n) is 20.3. The number of aryl methyl sites for hydroxylation is 3. The molecule has 5 rings (SSSR count). The van der Waals surface area contributed by atoms with Gasteiger partial charge in [0.05, 0.1) is 22.9 Å². The smallest absolute Gasteiger partial charge is 0.302 e. The van der Waals surface area contributed by atoms with Gasteiger partial charge in [-0.3, -0.25) is 9.89 Å². The van der Waals surface area contributed by atoms with Crippen LogP contribution in [-0.2, 0) is 32.0 Å². The summed E-state index contributed by atoms with van der Waals surface area (Å²) in [6.07, 6.45) is -4.24. The van der Waals surface area contributed by atoms with E-state index in [9.17, 15) is 20.1 Å². The zero-order valence-corrected chi connectivity index (χ0v) is 20.3. The number of aromatic nitrogens is 2. The number of carbonyl (C=O) groups is 1. The van der Waals surface area contributed by atoms with Crippen LogP contribution in [0.3, 0.4) is 0 Å². The van der Waals surface area contributed by atoms with Crippen molar-refractivity contribution in [3.8, 4) is 5.75 Å². The van der Waals surface area contributed by atoms with Gasteiger partial charge >= 0.3 is 5.97 Å². The molecule has 0 aliphatic carbocycles. The van der Waals surface area contributed by atoms with E-state index in [0.717, 1.165) is 39.7 Å². The molecule has 0 amide bonds. The Kier molecular flexibility index (Phi) is 7.13. The highest BCUT2D eigenvalue weighted by Gasteiger charge is 2.46. The molecular formula is C26H28N2O9. The second-order valence-corrected chi connectivity index (χ2v) is 9.14. The lowest BCUT2D eigenvalue weighted by atomic mass is 9.99. The van der Waals surface area contributed by atoms with Gasteiger partial charge in [-0.05, 0) is 61.2 Å². The first-order chi connectivity index (χ1) is 17.8. The fourth-order valence-corrected chi connectivity index (χ4v) is 4.47. The van der Waals surface area contributed by atoms with Crippen LogP contribution in [0.2, 0.25) is 0 Å². The third kappa shape index (κ3) is 5.31. The van der Waals surface area contributed by atoms with E-state index in [1.165, 1.54) is 6.92 Å². The number of aliphatic hydroxyl groups is 3. The predicted molar refractivity (Wildman–Crippen MR) is 129 cm³/mol. The molecule has 4 aromatic rings. The van der Waals surface area contributed by atoms with Gasteiger partial charge in [0.15, 0.2) is 18.1 Å². The lowest BCUT2D eigenvalue weighted by molar-refractivity contribution is -0.364. The highest BCUT2D eigenvalue weighted by atomic mass is 17.2. The molecule has 1 aliphatic heterocycles. The van der Waals surface area contributed by atoms with Crippen molar-refractivity contribution >= 4 is 27.8 Å². The first-order valence-electron chi connectivity index (χ1n) is 11.9. The van der Waals surface area contributed by atoms with Gasteiger partial charge in [0, 0.05) is 12.3 Å². The van der Waals surface area contributed by atoms with Gasteiger partial charge in [-0.25, -0.2) is 0 Å². The second kappa shape index (κ2) is 10.5. The van der Waals surface area contributed by atoms with Crippen LogP contribution in [-0.4, -0.2) is 68.8 Å². The number of aliphatic hydroxyl groups excluding tert-OH is 3. The minimum absolute atomic E-state index is 0.331.